The minimum Gasteiger partial charge on any atom is -0.439 e. The van der Waals surface area contributed by atoms with E-state index < -0.39 is 0 Å². The Bertz CT molecular complexity index is 610. The van der Waals surface area contributed by atoms with Crippen LogP contribution in [0.1, 0.15) is 25.0 Å². The van der Waals surface area contributed by atoms with Crippen molar-refractivity contribution in [2.45, 2.75) is 36.6 Å². The molecule has 0 saturated carbocycles. The van der Waals surface area contributed by atoms with E-state index in [1.165, 1.54) is 31.0 Å². The Morgan fingerprint density at radius 2 is 1.95 bits per heavy atom. The fourth-order valence-corrected chi connectivity index (χ4v) is 2.90. The van der Waals surface area contributed by atoms with E-state index in [0.29, 0.717) is 16.3 Å². The van der Waals surface area contributed by atoms with Crippen molar-refractivity contribution >= 4 is 23.7 Å². The number of nitrogens with zero attached hydrogens (tertiary/aromatic N) is 5. The quantitative estimate of drug-likeness (QED) is 0.922. The summed E-state index contributed by atoms with van der Waals surface area (Å²) in [5, 5.41) is 4.13. The number of aromatic nitrogens is 4. The molecule has 7 nitrogen and oxygen atoms in total. The van der Waals surface area contributed by atoms with Gasteiger partial charge in [0, 0.05) is 31.9 Å². The highest BCUT2D eigenvalue weighted by atomic mass is 32.2. The molecule has 0 bridgehead atoms. The molecule has 0 aromatic carbocycles. The second kappa shape index (κ2) is 6.30. The van der Waals surface area contributed by atoms with Gasteiger partial charge in [-0.2, -0.15) is 15.0 Å². The van der Waals surface area contributed by atoms with Gasteiger partial charge in [0.05, 0.1) is 5.69 Å². The molecule has 1 fully saturated rings. The van der Waals surface area contributed by atoms with E-state index >= 15 is 0 Å². The molecule has 3 heterocycles. The highest BCUT2D eigenvalue weighted by Crippen LogP contribution is 2.26. The predicted molar refractivity (Wildman–Crippen MR) is 80.8 cm³/mol. The van der Waals surface area contributed by atoms with Gasteiger partial charge in [0.15, 0.2) is 0 Å². The number of piperidine rings is 1. The molecule has 3 rings (SSSR count). The molecule has 0 radical (unpaired) electrons. The Balaban J connectivity index is 1.85. The van der Waals surface area contributed by atoms with Crippen LogP contribution in [-0.4, -0.2) is 40.1 Å². The van der Waals surface area contributed by atoms with Crippen LogP contribution < -0.4 is 10.2 Å². The first kappa shape index (κ1) is 14.1. The van der Waals surface area contributed by atoms with Crippen LogP contribution in [0.15, 0.2) is 21.1 Å². The van der Waals surface area contributed by atoms with Crippen molar-refractivity contribution in [1.82, 2.24) is 19.9 Å². The molecule has 1 aliphatic rings. The van der Waals surface area contributed by atoms with Gasteiger partial charge in [-0.1, -0.05) is 0 Å². The van der Waals surface area contributed by atoms with Crippen LogP contribution in [0.25, 0.3) is 0 Å². The fraction of sp³-hybridized carbons (Fsp3) is 0.538. The molecule has 0 amide bonds. The van der Waals surface area contributed by atoms with Gasteiger partial charge < -0.3 is 14.6 Å². The van der Waals surface area contributed by atoms with E-state index in [2.05, 4.69) is 30.2 Å². The fourth-order valence-electron chi connectivity index (χ4n) is 2.20. The van der Waals surface area contributed by atoms with Crippen molar-refractivity contribution in [3.05, 3.63) is 12.0 Å². The average molecular weight is 306 g/mol. The maximum atomic E-state index is 5.34. The van der Waals surface area contributed by atoms with Gasteiger partial charge in [0.2, 0.25) is 17.1 Å². The first-order valence-electron chi connectivity index (χ1n) is 7.03. The Labute approximate surface area is 127 Å². The molecule has 0 spiro atoms. The molecule has 0 unspecified atom stereocenters. The molecule has 0 aliphatic carbocycles. The second-order valence-electron chi connectivity index (χ2n) is 4.90. The van der Waals surface area contributed by atoms with Crippen LogP contribution in [0.4, 0.5) is 11.9 Å². The number of rotatable bonds is 4. The highest BCUT2D eigenvalue weighted by molar-refractivity contribution is 7.98. The lowest BCUT2D eigenvalue weighted by molar-refractivity contribution is 0.453. The SMILES string of the molecule is CNc1nc(Sc2nc(C)co2)nc(N2CCCCC2)n1. The molecule has 1 N–H and O–H groups in total. The lowest BCUT2D eigenvalue weighted by Gasteiger charge is -2.26. The highest BCUT2D eigenvalue weighted by Gasteiger charge is 2.17. The monoisotopic (exact) mass is 306 g/mol. The summed E-state index contributed by atoms with van der Waals surface area (Å²) in [6, 6.07) is 0. The lowest BCUT2D eigenvalue weighted by Crippen LogP contribution is -2.31. The molecule has 1 saturated heterocycles. The van der Waals surface area contributed by atoms with Gasteiger partial charge in [-0.05, 0) is 26.2 Å². The van der Waals surface area contributed by atoms with Crippen LogP contribution in [0.3, 0.4) is 0 Å². The smallest absolute Gasteiger partial charge is 0.263 e. The topological polar surface area (TPSA) is 80.0 Å². The summed E-state index contributed by atoms with van der Waals surface area (Å²) in [6.45, 7) is 3.88. The van der Waals surface area contributed by atoms with Gasteiger partial charge in [0.25, 0.3) is 5.22 Å². The minimum absolute atomic E-state index is 0.547. The lowest BCUT2D eigenvalue weighted by atomic mass is 10.1. The summed E-state index contributed by atoms with van der Waals surface area (Å²) in [6.07, 6.45) is 5.26. The number of hydrogen-bond acceptors (Lipinski definition) is 8. The molecular formula is C13H18N6OS. The summed E-state index contributed by atoms with van der Waals surface area (Å²) in [7, 11) is 1.80. The van der Waals surface area contributed by atoms with Crippen molar-refractivity contribution in [3.8, 4) is 0 Å². The van der Waals surface area contributed by atoms with Crippen LogP contribution in [0, 0.1) is 6.92 Å². The van der Waals surface area contributed by atoms with Crippen LogP contribution in [0.5, 0.6) is 0 Å². The van der Waals surface area contributed by atoms with E-state index in [9.17, 15) is 0 Å². The third-order valence-corrected chi connectivity index (χ3v) is 3.97. The maximum absolute atomic E-state index is 5.34. The second-order valence-corrected chi connectivity index (χ2v) is 5.81. The maximum Gasteiger partial charge on any atom is 0.263 e. The zero-order valence-corrected chi connectivity index (χ0v) is 13.0. The third-order valence-electron chi connectivity index (χ3n) is 3.24. The van der Waals surface area contributed by atoms with Gasteiger partial charge in [-0.25, -0.2) is 4.98 Å². The van der Waals surface area contributed by atoms with E-state index in [1.807, 2.05) is 6.92 Å². The standard InChI is InChI=1S/C13H18N6OS/c1-9-8-20-13(15-9)21-12-17-10(14-2)16-11(18-12)19-6-4-3-5-7-19/h8H,3-7H2,1-2H3,(H,14,16,17,18). The first-order valence-corrected chi connectivity index (χ1v) is 7.85. The third kappa shape index (κ3) is 3.44. The van der Waals surface area contributed by atoms with Crippen LogP contribution in [0.2, 0.25) is 0 Å². The summed E-state index contributed by atoms with van der Waals surface area (Å²) < 4.78 is 5.34. The van der Waals surface area contributed by atoms with Crippen molar-refractivity contribution < 1.29 is 4.42 Å². The molecule has 2 aromatic heterocycles. The predicted octanol–water partition coefficient (Wildman–Crippen LogP) is 2.35. The van der Waals surface area contributed by atoms with E-state index in [0.717, 1.165) is 24.7 Å². The van der Waals surface area contributed by atoms with Gasteiger partial charge in [0.1, 0.15) is 6.26 Å². The number of aryl methyl sites for hydroxylation is 1. The molecule has 21 heavy (non-hydrogen) atoms. The Hall–Kier alpha value is -1.83. The van der Waals surface area contributed by atoms with Gasteiger partial charge >= 0.3 is 0 Å². The molecular weight excluding hydrogens is 288 g/mol. The molecule has 1 aliphatic heterocycles. The largest absolute Gasteiger partial charge is 0.439 e. The van der Waals surface area contributed by atoms with Crippen LogP contribution >= 0.6 is 11.8 Å². The summed E-state index contributed by atoms with van der Waals surface area (Å²) in [5.41, 5.74) is 0.844. The summed E-state index contributed by atoms with van der Waals surface area (Å²) >= 11 is 1.31. The summed E-state index contributed by atoms with van der Waals surface area (Å²) in [5.74, 6) is 1.29. The van der Waals surface area contributed by atoms with Crippen molar-refractivity contribution in [1.29, 1.82) is 0 Å². The van der Waals surface area contributed by atoms with Gasteiger partial charge in [-0.3, -0.25) is 0 Å². The van der Waals surface area contributed by atoms with Crippen molar-refractivity contribution in [3.63, 3.8) is 0 Å². The first-order chi connectivity index (χ1) is 10.2. The summed E-state index contributed by atoms with van der Waals surface area (Å²) in [4.78, 5) is 19.8. The molecule has 112 valence electrons. The molecule has 2 aromatic rings. The zero-order valence-electron chi connectivity index (χ0n) is 12.2. The number of nitrogens with one attached hydrogen (secondary N) is 1. The minimum atomic E-state index is 0.547. The normalized spacial score (nSPS) is 15.2. The number of oxazole rings is 1. The number of hydrogen-bond donors (Lipinski definition) is 1. The van der Waals surface area contributed by atoms with Crippen molar-refractivity contribution in [2.75, 3.05) is 30.4 Å². The van der Waals surface area contributed by atoms with Gasteiger partial charge in [-0.15, -0.1) is 0 Å². The molecule has 8 heteroatoms. The average Bonchev–Trinajstić information content (AvgIpc) is 2.93. The van der Waals surface area contributed by atoms with E-state index in [4.69, 9.17) is 4.42 Å². The number of anilines is 2. The Morgan fingerprint density at radius 1 is 1.14 bits per heavy atom. The van der Waals surface area contributed by atoms with E-state index in [-0.39, 0.29) is 0 Å². The molecule has 0 atom stereocenters. The van der Waals surface area contributed by atoms with E-state index in [1.54, 1.807) is 13.3 Å². The Morgan fingerprint density at radius 3 is 2.62 bits per heavy atom. The zero-order chi connectivity index (χ0) is 14.7. The van der Waals surface area contributed by atoms with Crippen LogP contribution in [-0.2, 0) is 0 Å². The van der Waals surface area contributed by atoms with Crippen molar-refractivity contribution in [2.24, 2.45) is 0 Å². The Kier molecular flexibility index (Phi) is 4.23.